The van der Waals surface area contributed by atoms with Gasteiger partial charge in [-0.15, -0.1) is 0 Å². The van der Waals surface area contributed by atoms with Gasteiger partial charge >= 0.3 is 0 Å². The highest BCUT2D eigenvalue weighted by Gasteiger charge is 2.27. The predicted octanol–water partition coefficient (Wildman–Crippen LogP) is 2.15. The van der Waals surface area contributed by atoms with Crippen LogP contribution in [0.1, 0.15) is 34.8 Å². The van der Waals surface area contributed by atoms with E-state index in [0.717, 1.165) is 30.8 Å². The number of ether oxygens (including phenoxy) is 1. The fourth-order valence-corrected chi connectivity index (χ4v) is 3.38. The third kappa shape index (κ3) is 2.93. The van der Waals surface area contributed by atoms with Crippen LogP contribution >= 0.6 is 0 Å². The molecule has 0 N–H and O–H groups in total. The zero-order chi connectivity index (χ0) is 17.2. The minimum Gasteiger partial charge on any atom is -0.497 e. The molecule has 0 unspecified atom stereocenters. The molecule has 3 aromatic rings. The first-order chi connectivity index (χ1) is 12.3. The molecule has 7 heteroatoms. The van der Waals surface area contributed by atoms with Gasteiger partial charge in [-0.25, -0.2) is 9.50 Å². The summed E-state index contributed by atoms with van der Waals surface area (Å²) in [4.78, 5) is 23.1. The number of methoxy groups -OCH3 is 1. The van der Waals surface area contributed by atoms with Crippen molar-refractivity contribution < 1.29 is 9.53 Å². The largest absolute Gasteiger partial charge is 0.497 e. The van der Waals surface area contributed by atoms with Crippen LogP contribution in [0.25, 0.3) is 5.78 Å². The quantitative estimate of drug-likeness (QED) is 0.732. The Balaban J connectivity index is 1.56. The maximum absolute atomic E-state index is 12.8. The monoisotopic (exact) mass is 337 g/mol. The second-order valence-corrected chi connectivity index (χ2v) is 6.16. The lowest BCUT2D eigenvalue weighted by Crippen LogP contribution is -2.39. The molecule has 0 saturated carbocycles. The molecule has 1 aromatic carbocycles. The number of likely N-dealkylation sites (tertiary alicyclic amines) is 1. The Morgan fingerprint density at radius 1 is 1.20 bits per heavy atom. The number of hydrogen-bond acceptors (Lipinski definition) is 5. The normalized spacial score (nSPS) is 17.6. The summed E-state index contributed by atoms with van der Waals surface area (Å²) in [6.45, 7) is 1.44. The number of piperidine rings is 1. The first-order valence-corrected chi connectivity index (χ1v) is 8.34. The van der Waals surface area contributed by atoms with Crippen molar-refractivity contribution in [2.24, 2.45) is 0 Å². The highest BCUT2D eigenvalue weighted by Crippen LogP contribution is 2.27. The van der Waals surface area contributed by atoms with E-state index in [9.17, 15) is 4.79 Å². The number of fused-ring (bicyclic) bond motifs is 1. The molecule has 0 spiro atoms. The van der Waals surface area contributed by atoms with Crippen molar-refractivity contribution in [3.05, 3.63) is 54.1 Å². The van der Waals surface area contributed by atoms with E-state index in [1.165, 1.54) is 6.33 Å². The second-order valence-electron chi connectivity index (χ2n) is 6.16. The van der Waals surface area contributed by atoms with E-state index >= 15 is 0 Å². The molecule has 1 fully saturated rings. The lowest BCUT2D eigenvalue weighted by molar-refractivity contribution is 0.0705. The lowest BCUT2D eigenvalue weighted by Gasteiger charge is -2.33. The number of rotatable bonds is 3. The van der Waals surface area contributed by atoms with E-state index in [0.29, 0.717) is 17.9 Å². The van der Waals surface area contributed by atoms with Crippen LogP contribution in [0.15, 0.2) is 42.9 Å². The maximum atomic E-state index is 12.8. The lowest BCUT2D eigenvalue weighted by atomic mass is 9.94. The Morgan fingerprint density at radius 3 is 2.84 bits per heavy atom. The van der Waals surface area contributed by atoms with Crippen molar-refractivity contribution in [2.45, 2.75) is 18.8 Å². The Labute approximate surface area is 145 Å². The Bertz CT molecular complexity index is 890. The SMILES string of the molecule is COc1ccc(C(=O)N2CCC[C@H](c3ccnc4ncnn34)C2)cc1. The van der Waals surface area contributed by atoms with Crippen molar-refractivity contribution in [3.63, 3.8) is 0 Å². The number of carbonyl (C=O) groups is 1. The van der Waals surface area contributed by atoms with Crippen LogP contribution in [0, 0.1) is 0 Å². The van der Waals surface area contributed by atoms with Gasteiger partial charge in [0.1, 0.15) is 12.1 Å². The topological polar surface area (TPSA) is 72.6 Å². The average molecular weight is 337 g/mol. The zero-order valence-corrected chi connectivity index (χ0v) is 14.0. The van der Waals surface area contributed by atoms with E-state index in [2.05, 4.69) is 15.1 Å². The third-order valence-electron chi connectivity index (χ3n) is 4.67. The van der Waals surface area contributed by atoms with Crippen LogP contribution in [0.3, 0.4) is 0 Å². The molecule has 0 bridgehead atoms. The van der Waals surface area contributed by atoms with E-state index in [1.807, 2.05) is 35.2 Å². The fourth-order valence-electron chi connectivity index (χ4n) is 3.38. The Kier molecular flexibility index (Phi) is 4.05. The summed E-state index contributed by atoms with van der Waals surface area (Å²) in [5.41, 5.74) is 1.73. The molecule has 1 amide bonds. The molecule has 128 valence electrons. The molecule has 1 aliphatic heterocycles. The van der Waals surface area contributed by atoms with E-state index in [1.54, 1.807) is 17.8 Å². The summed E-state index contributed by atoms with van der Waals surface area (Å²) in [7, 11) is 1.62. The van der Waals surface area contributed by atoms with Gasteiger partial charge in [0.15, 0.2) is 0 Å². The van der Waals surface area contributed by atoms with Crippen LogP contribution in [0.2, 0.25) is 0 Å². The van der Waals surface area contributed by atoms with Crippen molar-refractivity contribution in [3.8, 4) is 5.75 Å². The first-order valence-electron chi connectivity index (χ1n) is 8.34. The van der Waals surface area contributed by atoms with Gasteiger partial charge in [0.2, 0.25) is 0 Å². The minimum absolute atomic E-state index is 0.0521. The van der Waals surface area contributed by atoms with Crippen molar-refractivity contribution >= 4 is 11.7 Å². The van der Waals surface area contributed by atoms with Gasteiger partial charge in [-0.2, -0.15) is 10.1 Å². The molecule has 25 heavy (non-hydrogen) atoms. The molecule has 1 saturated heterocycles. The zero-order valence-electron chi connectivity index (χ0n) is 14.0. The molecule has 4 rings (SSSR count). The third-order valence-corrected chi connectivity index (χ3v) is 4.67. The molecule has 7 nitrogen and oxygen atoms in total. The van der Waals surface area contributed by atoms with Crippen LogP contribution in [-0.2, 0) is 0 Å². The Morgan fingerprint density at radius 2 is 2.04 bits per heavy atom. The number of carbonyl (C=O) groups excluding carboxylic acids is 1. The molecule has 0 radical (unpaired) electrons. The van der Waals surface area contributed by atoms with Crippen molar-refractivity contribution in [2.75, 3.05) is 20.2 Å². The van der Waals surface area contributed by atoms with Gasteiger partial charge in [0, 0.05) is 30.8 Å². The molecule has 2 aromatic heterocycles. The van der Waals surface area contributed by atoms with Crippen LogP contribution in [-0.4, -0.2) is 50.6 Å². The maximum Gasteiger partial charge on any atom is 0.253 e. The molecular formula is C18H19N5O2. The van der Waals surface area contributed by atoms with Crippen LogP contribution in [0.4, 0.5) is 0 Å². The summed E-state index contributed by atoms with van der Waals surface area (Å²) in [5, 5.41) is 4.27. The van der Waals surface area contributed by atoms with Crippen molar-refractivity contribution in [1.82, 2.24) is 24.5 Å². The number of hydrogen-bond donors (Lipinski definition) is 0. The smallest absolute Gasteiger partial charge is 0.253 e. The molecule has 3 heterocycles. The van der Waals surface area contributed by atoms with Gasteiger partial charge in [-0.05, 0) is 43.2 Å². The second kappa shape index (κ2) is 6.51. The van der Waals surface area contributed by atoms with Gasteiger partial charge in [0.25, 0.3) is 11.7 Å². The van der Waals surface area contributed by atoms with Gasteiger partial charge < -0.3 is 9.64 Å². The van der Waals surface area contributed by atoms with Gasteiger partial charge in [0.05, 0.1) is 12.8 Å². The molecule has 1 atom stereocenters. The fraction of sp³-hybridized carbons (Fsp3) is 0.333. The van der Waals surface area contributed by atoms with Gasteiger partial charge in [-0.3, -0.25) is 4.79 Å². The molecule has 1 aliphatic rings. The summed E-state index contributed by atoms with van der Waals surface area (Å²) >= 11 is 0. The number of aromatic nitrogens is 4. The number of nitrogens with zero attached hydrogens (tertiary/aromatic N) is 5. The summed E-state index contributed by atoms with van der Waals surface area (Å²) in [5.74, 6) is 1.62. The standard InChI is InChI=1S/C18H19N5O2/c1-25-15-6-4-13(5-7-15)17(24)22-10-2-3-14(11-22)16-8-9-19-18-20-12-21-23(16)18/h4-9,12,14H,2-3,10-11H2,1H3/t14-/m0/s1. The summed E-state index contributed by atoms with van der Waals surface area (Å²) in [6, 6.07) is 9.22. The van der Waals surface area contributed by atoms with E-state index in [4.69, 9.17) is 4.74 Å². The minimum atomic E-state index is 0.0521. The van der Waals surface area contributed by atoms with E-state index < -0.39 is 0 Å². The summed E-state index contributed by atoms with van der Waals surface area (Å²) in [6.07, 6.45) is 5.25. The average Bonchev–Trinajstić information content (AvgIpc) is 3.16. The summed E-state index contributed by atoms with van der Waals surface area (Å²) < 4.78 is 6.93. The van der Waals surface area contributed by atoms with Crippen molar-refractivity contribution in [1.29, 1.82) is 0 Å². The van der Waals surface area contributed by atoms with Crippen LogP contribution in [0.5, 0.6) is 5.75 Å². The molecular weight excluding hydrogens is 318 g/mol. The highest BCUT2D eigenvalue weighted by molar-refractivity contribution is 5.94. The highest BCUT2D eigenvalue weighted by atomic mass is 16.5. The van der Waals surface area contributed by atoms with Crippen LogP contribution < -0.4 is 4.74 Å². The number of benzene rings is 1. The number of amides is 1. The molecule has 0 aliphatic carbocycles. The first kappa shape index (κ1) is 15.6. The Hall–Kier alpha value is -2.96. The van der Waals surface area contributed by atoms with Gasteiger partial charge in [-0.1, -0.05) is 0 Å². The predicted molar refractivity (Wildman–Crippen MR) is 91.7 cm³/mol. The van der Waals surface area contributed by atoms with E-state index in [-0.39, 0.29) is 11.8 Å².